The summed E-state index contributed by atoms with van der Waals surface area (Å²) in [5.41, 5.74) is 0.396. The standard InChI is InChI=1S/C10H11BrN2O3/c1-10(5-16-6-10)12-8-4-7(11)2-3-9(8)13(14)15/h2-4,12H,5-6H2,1H3. The van der Waals surface area contributed by atoms with E-state index in [9.17, 15) is 10.1 Å². The summed E-state index contributed by atoms with van der Waals surface area (Å²) in [5.74, 6) is 0. The molecule has 6 heteroatoms. The van der Waals surface area contributed by atoms with Crippen LogP contribution in [0.3, 0.4) is 0 Å². The van der Waals surface area contributed by atoms with Crippen molar-refractivity contribution in [2.75, 3.05) is 18.5 Å². The number of anilines is 1. The van der Waals surface area contributed by atoms with Crippen LogP contribution in [-0.2, 0) is 4.74 Å². The molecule has 0 radical (unpaired) electrons. The quantitative estimate of drug-likeness (QED) is 0.685. The van der Waals surface area contributed by atoms with E-state index in [1.54, 1.807) is 12.1 Å². The number of rotatable bonds is 3. The summed E-state index contributed by atoms with van der Waals surface area (Å²) in [6, 6.07) is 4.85. The predicted molar refractivity (Wildman–Crippen MR) is 63.6 cm³/mol. The third-order valence-electron chi connectivity index (χ3n) is 2.43. The first-order chi connectivity index (χ1) is 7.50. The lowest BCUT2D eigenvalue weighted by atomic mass is 10.00. The van der Waals surface area contributed by atoms with Gasteiger partial charge in [0, 0.05) is 10.5 Å². The molecular formula is C10H11BrN2O3. The number of nitrogens with zero attached hydrogens (tertiary/aromatic N) is 1. The fourth-order valence-corrected chi connectivity index (χ4v) is 1.93. The monoisotopic (exact) mass is 286 g/mol. The SMILES string of the molecule is CC1(Nc2cc(Br)ccc2[N+](=O)[O-])COC1. The second-order valence-corrected chi connectivity index (χ2v) is 5.01. The molecule has 1 aromatic rings. The molecule has 1 heterocycles. The van der Waals surface area contributed by atoms with Gasteiger partial charge >= 0.3 is 0 Å². The minimum Gasteiger partial charge on any atom is -0.376 e. The summed E-state index contributed by atoms with van der Waals surface area (Å²) in [6.07, 6.45) is 0. The van der Waals surface area contributed by atoms with Crippen LogP contribution < -0.4 is 5.32 Å². The van der Waals surface area contributed by atoms with Crippen LogP contribution in [0.4, 0.5) is 11.4 Å². The molecule has 0 bridgehead atoms. The Bertz CT molecular complexity index is 432. The van der Waals surface area contributed by atoms with Crippen LogP contribution in [0.5, 0.6) is 0 Å². The van der Waals surface area contributed by atoms with Gasteiger partial charge in [-0.05, 0) is 19.1 Å². The normalized spacial score (nSPS) is 17.6. The maximum atomic E-state index is 10.8. The topological polar surface area (TPSA) is 64.4 Å². The number of nitro benzene ring substituents is 1. The average Bonchev–Trinajstić information content (AvgIpc) is 2.15. The number of halogens is 1. The van der Waals surface area contributed by atoms with E-state index in [0.29, 0.717) is 18.9 Å². The van der Waals surface area contributed by atoms with Gasteiger partial charge in [0.25, 0.3) is 5.69 Å². The summed E-state index contributed by atoms with van der Waals surface area (Å²) < 4.78 is 5.91. The highest BCUT2D eigenvalue weighted by atomic mass is 79.9. The van der Waals surface area contributed by atoms with Crippen LogP contribution in [0.1, 0.15) is 6.92 Å². The molecule has 0 atom stereocenters. The Hall–Kier alpha value is -1.14. The highest BCUT2D eigenvalue weighted by molar-refractivity contribution is 9.10. The highest BCUT2D eigenvalue weighted by Gasteiger charge is 2.34. The molecule has 0 aliphatic carbocycles. The van der Waals surface area contributed by atoms with Crippen LogP contribution in [0.2, 0.25) is 0 Å². The van der Waals surface area contributed by atoms with Crippen molar-refractivity contribution in [2.45, 2.75) is 12.5 Å². The molecule has 1 aliphatic rings. The van der Waals surface area contributed by atoms with Crippen LogP contribution in [0.15, 0.2) is 22.7 Å². The zero-order valence-electron chi connectivity index (χ0n) is 8.70. The fraction of sp³-hybridized carbons (Fsp3) is 0.400. The van der Waals surface area contributed by atoms with Crippen LogP contribution in [0, 0.1) is 10.1 Å². The van der Waals surface area contributed by atoms with Crippen molar-refractivity contribution < 1.29 is 9.66 Å². The van der Waals surface area contributed by atoms with Gasteiger partial charge < -0.3 is 10.1 Å². The van der Waals surface area contributed by atoms with E-state index in [4.69, 9.17) is 4.74 Å². The molecule has 1 saturated heterocycles. The van der Waals surface area contributed by atoms with Crippen molar-refractivity contribution in [1.29, 1.82) is 0 Å². The van der Waals surface area contributed by atoms with Gasteiger partial charge in [-0.15, -0.1) is 0 Å². The molecule has 16 heavy (non-hydrogen) atoms. The van der Waals surface area contributed by atoms with E-state index in [0.717, 1.165) is 4.47 Å². The molecule has 1 aliphatic heterocycles. The Balaban J connectivity index is 2.30. The summed E-state index contributed by atoms with van der Waals surface area (Å²) in [4.78, 5) is 10.5. The lowest BCUT2D eigenvalue weighted by Gasteiger charge is -2.39. The number of nitro groups is 1. The van der Waals surface area contributed by atoms with E-state index in [2.05, 4.69) is 21.2 Å². The third-order valence-corrected chi connectivity index (χ3v) is 2.93. The van der Waals surface area contributed by atoms with E-state index < -0.39 is 4.92 Å². The predicted octanol–water partition coefficient (Wildman–Crippen LogP) is 2.56. The largest absolute Gasteiger partial charge is 0.376 e. The van der Waals surface area contributed by atoms with Crippen LogP contribution in [0.25, 0.3) is 0 Å². The molecule has 0 spiro atoms. The molecule has 1 aromatic carbocycles. The number of hydrogen-bond donors (Lipinski definition) is 1. The minimum absolute atomic E-state index is 0.0799. The van der Waals surface area contributed by atoms with E-state index in [1.165, 1.54) is 6.07 Å². The highest BCUT2D eigenvalue weighted by Crippen LogP contribution is 2.32. The molecule has 86 valence electrons. The Labute approximate surface area is 101 Å². The Morgan fingerprint density at radius 3 is 2.75 bits per heavy atom. The first-order valence-corrected chi connectivity index (χ1v) is 5.59. The van der Waals surface area contributed by atoms with Crippen molar-refractivity contribution in [3.63, 3.8) is 0 Å². The molecule has 1 fully saturated rings. The zero-order valence-corrected chi connectivity index (χ0v) is 10.3. The lowest BCUT2D eigenvalue weighted by molar-refractivity contribution is -0.384. The van der Waals surface area contributed by atoms with E-state index in [-0.39, 0.29) is 11.2 Å². The first kappa shape index (κ1) is 11.3. The summed E-state index contributed by atoms with van der Waals surface area (Å²) in [5, 5.41) is 14.0. The van der Waals surface area contributed by atoms with Gasteiger partial charge in [0.2, 0.25) is 0 Å². The van der Waals surface area contributed by atoms with Gasteiger partial charge in [0.15, 0.2) is 0 Å². The maximum absolute atomic E-state index is 10.8. The van der Waals surface area contributed by atoms with Crippen molar-refractivity contribution in [3.8, 4) is 0 Å². The molecule has 1 N–H and O–H groups in total. The smallest absolute Gasteiger partial charge is 0.292 e. The van der Waals surface area contributed by atoms with E-state index in [1.807, 2.05) is 6.92 Å². The van der Waals surface area contributed by atoms with Gasteiger partial charge in [0.05, 0.1) is 23.7 Å². The molecular weight excluding hydrogens is 276 g/mol. The number of ether oxygens (including phenoxy) is 1. The van der Waals surface area contributed by atoms with Crippen LogP contribution >= 0.6 is 15.9 Å². The average molecular weight is 287 g/mol. The van der Waals surface area contributed by atoms with Crippen molar-refractivity contribution in [1.82, 2.24) is 0 Å². The first-order valence-electron chi connectivity index (χ1n) is 4.80. The number of hydrogen-bond acceptors (Lipinski definition) is 4. The molecule has 2 rings (SSSR count). The van der Waals surface area contributed by atoms with Crippen molar-refractivity contribution >= 4 is 27.3 Å². The van der Waals surface area contributed by atoms with Crippen molar-refractivity contribution in [3.05, 3.63) is 32.8 Å². The molecule has 5 nitrogen and oxygen atoms in total. The van der Waals surface area contributed by atoms with Gasteiger partial charge in [-0.25, -0.2) is 0 Å². The van der Waals surface area contributed by atoms with E-state index >= 15 is 0 Å². The second-order valence-electron chi connectivity index (χ2n) is 4.10. The Morgan fingerprint density at radius 1 is 1.56 bits per heavy atom. The zero-order chi connectivity index (χ0) is 11.8. The Morgan fingerprint density at radius 2 is 2.25 bits per heavy atom. The molecule has 0 saturated carbocycles. The number of benzene rings is 1. The van der Waals surface area contributed by atoms with Gasteiger partial charge in [-0.3, -0.25) is 10.1 Å². The summed E-state index contributed by atoms with van der Waals surface area (Å²) in [7, 11) is 0. The fourth-order valence-electron chi connectivity index (χ4n) is 1.57. The van der Waals surface area contributed by atoms with Crippen LogP contribution in [-0.4, -0.2) is 23.7 Å². The van der Waals surface area contributed by atoms with Crippen molar-refractivity contribution in [2.24, 2.45) is 0 Å². The Kier molecular flexibility index (Phi) is 2.86. The third kappa shape index (κ3) is 2.17. The van der Waals surface area contributed by atoms with Gasteiger partial charge in [0.1, 0.15) is 5.69 Å². The van der Waals surface area contributed by atoms with Gasteiger partial charge in [-0.1, -0.05) is 15.9 Å². The minimum atomic E-state index is -0.391. The molecule has 0 amide bonds. The maximum Gasteiger partial charge on any atom is 0.292 e. The van der Waals surface area contributed by atoms with Gasteiger partial charge in [-0.2, -0.15) is 0 Å². The lowest BCUT2D eigenvalue weighted by Crippen LogP contribution is -2.53. The number of nitrogens with one attached hydrogen (secondary N) is 1. The second kappa shape index (κ2) is 4.03. The summed E-state index contributed by atoms with van der Waals surface area (Å²) >= 11 is 3.30. The molecule has 0 aromatic heterocycles. The summed E-state index contributed by atoms with van der Waals surface area (Å²) in [6.45, 7) is 3.11. The molecule has 0 unspecified atom stereocenters.